The summed E-state index contributed by atoms with van der Waals surface area (Å²) < 4.78 is 0. The first-order valence-electron chi connectivity index (χ1n) is 8.40. The second-order valence-electron chi connectivity index (χ2n) is 6.46. The van der Waals surface area contributed by atoms with Gasteiger partial charge in [0, 0.05) is 16.5 Å². The van der Waals surface area contributed by atoms with E-state index >= 15 is 0 Å². The number of nitrogens with one attached hydrogen (secondary N) is 1. The molecule has 0 bridgehead atoms. The van der Waals surface area contributed by atoms with Crippen molar-refractivity contribution in [2.75, 3.05) is 6.54 Å². The third kappa shape index (κ3) is 5.36. The maximum Gasteiger partial charge on any atom is 0.275 e. The van der Waals surface area contributed by atoms with Crippen LogP contribution in [0.25, 0.3) is 0 Å². The SMILES string of the molecule is CC(C)[C@H]([NH2+]CC(=O)N[C@H](C)c1ccc(Cl)cc1)c1ccccc1. The molecule has 0 saturated heterocycles. The summed E-state index contributed by atoms with van der Waals surface area (Å²) in [5, 5.41) is 5.87. The zero-order valence-electron chi connectivity index (χ0n) is 14.5. The average Bonchev–Trinajstić information content (AvgIpc) is 2.56. The minimum atomic E-state index is -0.0302. The van der Waals surface area contributed by atoms with Crippen molar-refractivity contribution in [2.45, 2.75) is 32.9 Å². The maximum atomic E-state index is 12.3. The zero-order chi connectivity index (χ0) is 17.5. The second kappa shape index (κ2) is 8.86. The third-order valence-electron chi connectivity index (χ3n) is 4.21. The topological polar surface area (TPSA) is 45.7 Å². The normalized spacial score (nSPS) is 13.5. The molecule has 4 heteroatoms. The van der Waals surface area contributed by atoms with E-state index in [1.54, 1.807) is 0 Å². The lowest BCUT2D eigenvalue weighted by Crippen LogP contribution is -2.88. The van der Waals surface area contributed by atoms with Gasteiger partial charge in [-0.1, -0.05) is 67.9 Å². The number of hydrogen-bond acceptors (Lipinski definition) is 1. The Kier molecular flexibility index (Phi) is 6.83. The molecule has 3 N–H and O–H groups in total. The van der Waals surface area contributed by atoms with Crippen LogP contribution in [0.2, 0.25) is 5.02 Å². The van der Waals surface area contributed by atoms with Crippen molar-refractivity contribution in [2.24, 2.45) is 5.92 Å². The van der Waals surface area contributed by atoms with E-state index in [1.165, 1.54) is 5.56 Å². The van der Waals surface area contributed by atoms with E-state index in [4.69, 9.17) is 11.6 Å². The zero-order valence-corrected chi connectivity index (χ0v) is 15.3. The lowest BCUT2D eigenvalue weighted by molar-refractivity contribution is -0.692. The van der Waals surface area contributed by atoms with E-state index in [1.807, 2.05) is 49.4 Å². The fraction of sp³-hybridized carbons (Fsp3) is 0.350. The summed E-state index contributed by atoms with van der Waals surface area (Å²) in [6, 6.07) is 18.2. The molecule has 0 saturated carbocycles. The Bertz CT molecular complexity index is 640. The molecule has 0 fully saturated rings. The molecule has 0 aliphatic heterocycles. The van der Waals surface area contributed by atoms with Crippen LogP contribution in [-0.4, -0.2) is 12.5 Å². The Morgan fingerprint density at radius 2 is 1.62 bits per heavy atom. The summed E-state index contributed by atoms with van der Waals surface area (Å²) in [6.07, 6.45) is 0. The van der Waals surface area contributed by atoms with Crippen LogP contribution < -0.4 is 10.6 Å². The van der Waals surface area contributed by atoms with Crippen molar-refractivity contribution in [3.8, 4) is 0 Å². The van der Waals surface area contributed by atoms with Gasteiger partial charge in [-0.25, -0.2) is 0 Å². The molecule has 1 amide bonds. The van der Waals surface area contributed by atoms with E-state index in [-0.39, 0.29) is 18.0 Å². The molecule has 24 heavy (non-hydrogen) atoms. The summed E-state index contributed by atoms with van der Waals surface area (Å²) in [4.78, 5) is 12.3. The van der Waals surface area contributed by atoms with E-state index in [2.05, 4.69) is 36.6 Å². The van der Waals surface area contributed by atoms with Crippen molar-refractivity contribution in [1.29, 1.82) is 0 Å². The number of benzene rings is 2. The van der Waals surface area contributed by atoms with E-state index < -0.39 is 0 Å². The van der Waals surface area contributed by atoms with Gasteiger partial charge in [-0.05, 0) is 24.6 Å². The summed E-state index contributed by atoms with van der Waals surface area (Å²) in [6.45, 7) is 6.76. The molecule has 2 rings (SSSR count). The highest BCUT2D eigenvalue weighted by Gasteiger charge is 2.20. The molecular weight excluding hydrogens is 320 g/mol. The van der Waals surface area contributed by atoms with Crippen molar-refractivity contribution in [1.82, 2.24) is 5.32 Å². The molecule has 0 heterocycles. The van der Waals surface area contributed by atoms with Crippen LogP contribution in [0.5, 0.6) is 0 Å². The van der Waals surface area contributed by atoms with E-state index in [0.29, 0.717) is 17.5 Å². The van der Waals surface area contributed by atoms with Crippen molar-refractivity contribution >= 4 is 17.5 Å². The third-order valence-corrected chi connectivity index (χ3v) is 4.46. The summed E-state index contributed by atoms with van der Waals surface area (Å²) >= 11 is 5.90. The fourth-order valence-electron chi connectivity index (χ4n) is 2.84. The Hall–Kier alpha value is -1.84. The van der Waals surface area contributed by atoms with Gasteiger partial charge in [0.15, 0.2) is 6.54 Å². The van der Waals surface area contributed by atoms with Crippen LogP contribution in [0.1, 0.15) is 44.0 Å². The number of carbonyl (C=O) groups excluding carboxylic acids is 1. The molecular formula is C20H26ClN2O+. The monoisotopic (exact) mass is 345 g/mol. The predicted molar refractivity (Wildman–Crippen MR) is 98.8 cm³/mol. The molecule has 2 atom stereocenters. The van der Waals surface area contributed by atoms with Gasteiger partial charge in [0.2, 0.25) is 0 Å². The predicted octanol–water partition coefficient (Wildman–Crippen LogP) is 3.48. The van der Waals surface area contributed by atoms with Gasteiger partial charge < -0.3 is 10.6 Å². The highest BCUT2D eigenvalue weighted by molar-refractivity contribution is 6.30. The van der Waals surface area contributed by atoms with Crippen LogP contribution in [0.15, 0.2) is 54.6 Å². The second-order valence-corrected chi connectivity index (χ2v) is 6.90. The number of carbonyl (C=O) groups is 1. The molecule has 0 aromatic heterocycles. The van der Waals surface area contributed by atoms with Crippen LogP contribution >= 0.6 is 11.6 Å². The summed E-state index contributed by atoms with van der Waals surface area (Å²) in [5.74, 6) is 0.493. The largest absolute Gasteiger partial charge is 0.345 e. The lowest BCUT2D eigenvalue weighted by Gasteiger charge is -2.20. The molecule has 0 aliphatic carbocycles. The van der Waals surface area contributed by atoms with E-state index in [9.17, 15) is 4.79 Å². The minimum absolute atomic E-state index is 0.0302. The van der Waals surface area contributed by atoms with Gasteiger partial charge >= 0.3 is 0 Å². The van der Waals surface area contributed by atoms with Crippen molar-refractivity contribution in [3.63, 3.8) is 0 Å². The Balaban J connectivity index is 1.90. The molecule has 2 aromatic rings. The Morgan fingerprint density at radius 3 is 2.21 bits per heavy atom. The Labute approximate surface area is 149 Å². The van der Waals surface area contributed by atoms with Gasteiger partial charge in [-0.3, -0.25) is 4.79 Å². The number of halogens is 1. The number of quaternary nitrogens is 1. The molecule has 0 spiro atoms. The van der Waals surface area contributed by atoms with Crippen LogP contribution in [0.3, 0.4) is 0 Å². The molecule has 0 unspecified atom stereocenters. The summed E-state index contributed by atoms with van der Waals surface area (Å²) in [5.41, 5.74) is 2.31. The molecule has 2 aromatic carbocycles. The summed E-state index contributed by atoms with van der Waals surface area (Å²) in [7, 11) is 0. The van der Waals surface area contributed by atoms with Crippen molar-refractivity contribution < 1.29 is 10.1 Å². The lowest BCUT2D eigenvalue weighted by atomic mass is 9.96. The van der Waals surface area contributed by atoms with Crippen molar-refractivity contribution in [3.05, 3.63) is 70.7 Å². The number of nitrogens with two attached hydrogens (primary N) is 1. The molecule has 0 aliphatic rings. The highest BCUT2D eigenvalue weighted by atomic mass is 35.5. The first-order valence-corrected chi connectivity index (χ1v) is 8.78. The van der Waals surface area contributed by atoms with Gasteiger partial charge in [-0.2, -0.15) is 0 Å². The van der Waals surface area contributed by atoms with E-state index in [0.717, 1.165) is 5.56 Å². The van der Waals surface area contributed by atoms with Crippen LogP contribution in [-0.2, 0) is 4.79 Å². The first kappa shape index (κ1) is 18.5. The molecule has 3 nitrogen and oxygen atoms in total. The fourth-order valence-corrected chi connectivity index (χ4v) is 2.96. The van der Waals surface area contributed by atoms with Gasteiger partial charge in [-0.15, -0.1) is 0 Å². The molecule has 0 radical (unpaired) electrons. The van der Waals surface area contributed by atoms with Crippen LogP contribution in [0, 0.1) is 5.92 Å². The van der Waals surface area contributed by atoms with Gasteiger partial charge in [0.1, 0.15) is 6.04 Å². The maximum absolute atomic E-state index is 12.3. The Morgan fingerprint density at radius 1 is 1.00 bits per heavy atom. The van der Waals surface area contributed by atoms with Gasteiger partial charge in [0.05, 0.1) is 6.04 Å². The molecule has 128 valence electrons. The standard InChI is InChI=1S/C20H25ClN2O/c1-14(2)20(17-7-5-4-6-8-17)22-13-19(24)23-15(3)16-9-11-18(21)12-10-16/h4-12,14-15,20,22H,13H2,1-3H3,(H,23,24)/p+1/t15-,20+/m1/s1. The highest BCUT2D eigenvalue weighted by Crippen LogP contribution is 2.17. The number of amides is 1. The van der Waals surface area contributed by atoms with Gasteiger partial charge in [0.25, 0.3) is 5.91 Å². The number of hydrogen-bond donors (Lipinski definition) is 2. The smallest absolute Gasteiger partial charge is 0.275 e. The first-order chi connectivity index (χ1) is 11.5. The number of rotatable bonds is 7. The van der Waals surface area contributed by atoms with Crippen LogP contribution in [0.4, 0.5) is 0 Å². The quantitative estimate of drug-likeness (QED) is 0.793. The minimum Gasteiger partial charge on any atom is -0.345 e. The average molecular weight is 346 g/mol.